The summed E-state index contributed by atoms with van der Waals surface area (Å²) in [4.78, 5) is 0. The van der Waals surface area contributed by atoms with E-state index in [4.69, 9.17) is 11.6 Å². The van der Waals surface area contributed by atoms with E-state index < -0.39 is 24.1 Å². The van der Waals surface area contributed by atoms with Crippen LogP contribution in [0.15, 0.2) is 18.2 Å². The lowest BCUT2D eigenvalue weighted by molar-refractivity contribution is -0.274. The Morgan fingerprint density at radius 1 is 1.20 bits per heavy atom. The van der Waals surface area contributed by atoms with Gasteiger partial charge in [-0.3, -0.25) is 0 Å². The molecule has 1 aromatic carbocycles. The largest absolute Gasteiger partial charge is 0.573 e. The molecule has 0 aromatic heterocycles. The second-order valence-corrected chi connectivity index (χ2v) is 2.94. The highest BCUT2D eigenvalue weighted by atomic mass is 35.5. The summed E-state index contributed by atoms with van der Waals surface area (Å²) in [5.41, 5.74) is -0.696. The van der Waals surface area contributed by atoms with Crippen LogP contribution in [0.1, 0.15) is 12.0 Å². The van der Waals surface area contributed by atoms with Gasteiger partial charge in [0.25, 0.3) is 6.43 Å². The Morgan fingerprint density at radius 3 is 2.27 bits per heavy atom. The van der Waals surface area contributed by atoms with Gasteiger partial charge in [-0.15, -0.1) is 13.2 Å². The average molecular weight is 247 g/mol. The van der Waals surface area contributed by atoms with Gasteiger partial charge in [0.05, 0.1) is 0 Å². The van der Waals surface area contributed by atoms with Crippen molar-refractivity contribution in [1.82, 2.24) is 0 Å². The van der Waals surface area contributed by atoms with E-state index in [2.05, 4.69) is 4.74 Å². The summed E-state index contributed by atoms with van der Waals surface area (Å²) < 4.78 is 63.1. The number of hydrogen-bond acceptors (Lipinski definition) is 1. The zero-order valence-electron chi connectivity index (χ0n) is 6.99. The van der Waals surface area contributed by atoms with Crippen molar-refractivity contribution in [2.45, 2.75) is 12.8 Å². The predicted octanol–water partition coefficient (Wildman–Crippen LogP) is 4.18. The lowest BCUT2D eigenvalue weighted by Crippen LogP contribution is -2.17. The Hall–Kier alpha value is -1.04. The average Bonchev–Trinajstić information content (AvgIpc) is 2.05. The van der Waals surface area contributed by atoms with Crippen LogP contribution in [-0.4, -0.2) is 6.36 Å². The molecular weight excluding hydrogens is 243 g/mol. The normalized spacial score (nSPS) is 11.9. The molecule has 1 aromatic rings. The molecule has 0 saturated heterocycles. The van der Waals surface area contributed by atoms with E-state index in [1.807, 2.05) is 0 Å². The first-order valence-electron chi connectivity index (χ1n) is 3.63. The highest BCUT2D eigenvalue weighted by molar-refractivity contribution is 6.31. The molecule has 0 aliphatic carbocycles. The molecule has 0 heterocycles. The molecule has 7 heteroatoms. The van der Waals surface area contributed by atoms with Gasteiger partial charge in [0, 0.05) is 10.6 Å². The minimum Gasteiger partial charge on any atom is -0.406 e. The van der Waals surface area contributed by atoms with Crippen LogP contribution in [0.3, 0.4) is 0 Å². The summed E-state index contributed by atoms with van der Waals surface area (Å²) in [5.74, 6) is -0.720. The third-order valence-electron chi connectivity index (χ3n) is 1.44. The van der Waals surface area contributed by atoms with Crippen molar-refractivity contribution in [2.24, 2.45) is 0 Å². The third kappa shape index (κ3) is 3.54. The van der Waals surface area contributed by atoms with E-state index in [0.717, 1.165) is 12.1 Å². The topological polar surface area (TPSA) is 9.23 Å². The Kier molecular flexibility index (Phi) is 3.38. The second-order valence-electron chi connectivity index (χ2n) is 2.53. The van der Waals surface area contributed by atoms with Crippen molar-refractivity contribution in [3.63, 3.8) is 0 Å². The van der Waals surface area contributed by atoms with Gasteiger partial charge in [0.15, 0.2) is 0 Å². The van der Waals surface area contributed by atoms with E-state index in [9.17, 15) is 22.0 Å². The summed E-state index contributed by atoms with van der Waals surface area (Å²) in [6.07, 6.45) is -7.86. The van der Waals surface area contributed by atoms with Crippen LogP contribution >= 0.6 is 11.6 Å². The fourth-order valence-electron chi connectivity index (χ4n) is 0.886. The molecule has 1 rings (SSSR count). The first-order chi connectivity index (χ1) is 6.79. The number of hydrogen-bond donors (Lipinski definition) is 0. The van der Waals surface area contributed by atoms with Gasteiger partial charge in [-0.2, -0.15) is 0 Å². The van der Waals surface area contributed by atoms with E-state index in [0.29, 0.717) is 6.07 Å². The highest BCUT2D eigenvalue weighted by Gasteiger charge is 2.31. The molecule has 0 spiro atoms. The molecule has 0 aliphatic heterocycles. The van der Waals surface area contributed by atoms with Crippen LogP contribution in [0, 0.1) is 0 Å². The van der Waals surface area contributed by atoms with Gasteiger partial charge in [-0.05, 0) is 18.2 Å². The van der Waals surface area contributed by atoms with Crippen LogP contribution in [0.5, 0.6) is 5.75 Å². The number of rotatable bonds is 2. The van der Waals surface area contributed by atoms with E-state index >= 15 is 0 Å². The standard InChI is InChI=1S/C8H4ClF5O/c9-6-2-1-4(15-8(12,13)14)3-5(6)7(10)11/h1-3,7H. The molecule has 0 N–H and O–H groups in total. The van der Waals surface area contributed by atoms with Gasteiger partial charge < -0.3 is 4.74 Å². The van der Waals surface area contributed by atoms with Gasteiger partial charge in [-0.1, -0.05) is 11.6 Å². The smallest absolute Gasteiger partial charge is 0.406 e. The zero-order valence-corrected chi connectivity index (χ0v) is 7.74. The SMILES string of the molecule is FC(F)c1cc(OC(F)(F)F)ccc1Cl. The summed E-state index contributed by atoms with van der Waals surface area (Å²) in [5, 5.41) is -0.306. The fourth-order valence-corrected chi connectivity index (χ4v) is 1.09. The Bertz CT molecular complexity index is 349. The molecule has 15 heavy (non-hydrogen) atoms. The van der Waals surface area contributed by atoms with Crippen LogP contribution in [0.4, 0.5) is 22.0 Å². The van der Waals surface area contributed by atoms with Crippen molar-refractivity contribution < 1.29 is 26.7 Å². The molecule has 0 radical (unpaired) electrons. The van der Waals surface area contributed by atoms with Gasteiger partial charge in [-0.25, -0.2) is 8.78 Å². The molecular formula is C8H4ClF5O. The molecule has 0 atom stereocenters. The number of alkyl halides is 5. The molecule has 0 amide bonds. The summed E-state index contributed by atoms with van der Waals surface area (Å²) in [6, 6.07) is 2.34. The summed E-state index contributed by atoms with van der Waals surface area (Å²) >= 11 is 5.35. The van der Waals surface area contributed by atoms with Crippen LogP contribution in [0.2, 0.25) is 5.02 Å². The first-order valence-corrected chi connectivity index (χ1v) is 4.01. The van der Waals surface area contributed by atoms with Gasteiger partial charge >= 0.3 is 6.36 Å². The molecule has 0 bridgehead atoms. The van der Waals surface area contributed by atoms with E-state index in [1.165, 1.54) is 0 Å². The van der Waals surface area contributed by atoms with Gasteiger partial charge in [0.2, 0.25) is 0 Å². The third-order valence-corrected chi connectivity index (χ3v) is 1.78. The van der Waals surface area contributed by atoms with Gasteiger partial charge in [0.1, 0.15) is 5.75 Å². The van der Waals surface area contributed by atoms with Crippen molar-refractivity contribution in [1.29, 1.82) is 0 Å². The summed E-state index contributed by atoms with van der Waals surface area (Å²) in [7, 11) is 0. The number of ether oxygens (including phenoxy) is 1. The first kappa shape index (κ1) is 12.0. The molecule has 0 unspecified atom stereocenters. The monoisotopic (exact) mass is 246 g/mol. The Balaban J connectivity index is 2.98. The van der Waals surface area contributed by atoms with Crippen LogP contribution < -0.4 is 4.74 Å². The highest BCUT2D eigenvalue weighted by Crippen LogP contribution is 2.32. The number of benzene rings is 1. The molecule has 0 saturated carbocycles. The van der Waals surface area contributed by atoms with Crippen molar-refractivity contribution >= 4 is 11.6 Å². The summed E-state index contributed by atoms with van der Waals surface area (Å²) in [6.45, 7) is 0. The molecule has 0 aliphatic rings. The minimum absolute atomic E-state index is 0.306. The molecule has 84 valence electrons. The van der Waals surface area contributed by atoms with Crippen LogP contribution in [-0.2, 0) is 0 Å². The fraction of sp³-hybridized carbons (Fsp3) is 0.250. The Morgan fingerprint density at radius 2 is 1.80 bits per heavy atom. The quantitative estimate of drug-likeness (QED) is 0.712. The number of halogens is 6. The van der Waals surface area contributed by atoms with Crippen LogP contribution in [0.25, 0.3) is 0 Å². The Labute approximate surface area is 86.4 Å². The molecule has 0 fully saturated rings. The van der Waals surface area contributed by atoms with Crippen molar-refractivity contribution in [3.05, 3.63) is 28.8 Å². The lowest BCUT2D eigenvalue weighted by atomic mass is 10.2. The lowest BCUT2D eigenvalue weighted by Gasteiger charge is -2.10. The van der Waals surface area contributed by atoms with E-state index in [-0.39, 0.29) is 5.02 Å². The second kappa shape index (κ2) is 4.22. The maximum absolute atomic E-state index is 12.2. The van der Waals surface area contributed by atoms with E-state index in [1.54, 1.807) is 0 Å². The van der Waals surface area contributed by atoms with Crippen molar-refractivity contribution in [3.8, 4) is 5.75 Å². The maximum atomic E-state index is 12.2. The zero-order chi connectivity index (χ0) is 11.6. The molecule has 1 nitrogen and oxygen atoms in total. The predicted molar refractivity (Wildman–Crippen MR) is 43.1 cm³/mol. The maximum Gasteiger partial charge on any atom is 0.573 e. The van der Waals surface area contributed by atoms with Crippen molar-refractivity contribution in [2.75, 3.05) is 0 Å². The minimum atomic E-state index is -4.91.